The van der Waals surface area contributed by atoms with Crippen LogP contribution in [0.5, 0.6) is 0 Å². The molecule has 14 nitrogen and oxygen atoms in total. The Labute approximate surface area is 305 Å². The minimum Gasteiger partial charge on any atom is -0.442 e. The predicted molar refractivity (Wildman–Crippen MR) is 197 cm³/mol. The first-order chi connectivity index (χ1) is 23.5. The Morgan fingerprint density at radius 1 is 0.922 bits per heavy atom. The van der Waals surface area contributed by atoms with E-state index >= 15 is 0 Å². The van der Waals surface area contributed by atoms with Gasteiger partial charge in [-0.2, -0.15) is 5.10 Å². The third-order valence-corrected chi connectivity index (χ3v) is 8.29. The van der Waals surface area contributed by atoms with Gasteiger partial charge < -0.3 is 25.8 Å². The fraction of sp³-hybridized carbons (Fsp3) is 0.784. The number of rotatable bonds is 19. The first kappa shape index (κ1) is 45.3. The number of aromatic nitrogens is 2. The Kier molecular flexibility index (Phi) is 18.7. The third kappa shape index (κ3) is 16.9. The molecule has 0 fully saturated rings. The lowest BCUT2D eigenvalue weighted by molar-refractivity contribution is -0.132. The Bertz CT molecular complexity index is 1290. The van der Waals surface area contributed by atoms with Gasteiger partial charge in [0.15, 0.2) is 0 Å². The number of hydrogen-bond donors (Lipinski definition) is 5. The van der Waals surface area contributed by atoms with E-state index < -0.39 is 53.5 Å². The van der Waals surface area contributed by atoms with Gasteiger partial charge in [-0.05, 0) is 77.7 Å². The largest absolute Gasteiger partial charge is 0.442 e. The molecule has 0 spiro atoms. The number of hydrogen-bond acceptors (Lipinski definition) is 8. The van der Waals surface area contributed by atoms with Crippen molar-refractivity contribution in [2.24, 2.45) is 29.6 Å². The zero-order chi connectivity index (χ0) is 39.2. The van der Waals surface area contributed by atoms with Crippen molar-refractivity contribution in [2.45, 2.75) is 146 Å². The quantitative estimate of drug-likeness (QED) is 0.133. The molecule has 14 heteroatoms. The number of aryl methyl sites for hydroxylation is 2. The van der Waals surface area contributed by atoms with Gasteiger partial charge in [0.25, 0.3) is 0 Å². The van der Waals surface area contributed by atoms with Crippen LogP contribution < -0.4 is 21.4 Å². The summed E-state index contributed by atoms with van der Waals surface area (Å²) in [5, 5.41) is 25.3. The van der Waals surface area contributed by atoms with E-state index in [1.807, 2.05) is 68.4 Å². The molecule has 0 saturated carbocycles. The summed E-state index contributed by atoms with van der Waals surface area (Å²) < 4.78 is 7.28. The lowest BCUT2D eigenvalue weighted by Gasteiger charge is -2.30. The normalized spacial score (nSPS) is 14.8. The summed E-state index contributed by atoms with van der Waals surface area (Å²) in [7, 11) is 0. The van der Waals surface area contributed by atoms with E-state index in [1.54, 1.807) is 32.4 Å². The van der Waals surface area contributed by atoms with Gasteiger partial charge in [-0.15, -0.1) is 0 Å². The van der Waals surface area contributed by atoms with E-state index in [1.165, 1.54) is 0 Å². The summed E-state index contributed by atoms with van der Waals surface area (Å²) in [5.74, 6) is -2.40. The first-order valence-electron chi connectivity index (χ1n) is 18.4. The van der Waals surface area contributed by atoms with E-state index in [0.717, 1.165) is 16.4 Å². The van der Waals surface area contributed by atoms with Crippen molar-refractivity contribution < 1.29 is 33.8 Å². The highest BCUT2D eigenvalue weighted by molar-refractivity contribution is 5.88. The van der Waals surface area contributed by atoms with Crippen LogP contribution >= 0.6 is 0 Å². The van der Waals surface area contributed by atoms with Crippen LogP contribution in [0.2, 0.25) is 0 Å². The predicted octanol–water partition coefficient (Wildman–Crippen LogP) is 4.02. The third-order valence-electron chi connectivity index (χ3n) is 8.29. The molecule has 1 heterocycles. The van der Waals surface area contributed by atoms with Crippen molar-refractivity contribution >= 4 is 29.7 Å². The number of ether oxygens (including phenoxy) is 1. The summed E-state index contributed by atoms with van der Waals surface area (Å²) in [6, 6.07) is 0.521. The summed E-state index contributed by atoms with van der Waals surface area (Å²) in [6.07, 6.45) is -1.08. The van der Waals surface area contributed by atoms with Gasteiger partial charge >= 0.3 is 6.09 Å². The van der Waals surface area contributed by atoms with E-state index in [-0.39, 0.29) is 49.0 Å². The highest BCUT2D eigenvalue weighted by Gasteiger charge is 2.31. The summed E-state index contributed by atoms with van der Waals surface area (Å²) in [5.41, 5.74) is 3.56. The van der Waals surface area contributed by atoms with Crippen molar-refractivity contribution in [2.75, 3.05) is 13.1 Å². The smallest absolute Gasteiger partial charge is 0.429 e. The number of aliphatic hydroxyl groups is 1. The van der Waals surface area contributed by atoms with Gasteiger partial charge in [-0.3, -0.25) is 29.3 Å². The molecule has 0 radical (unpaired) electrons. The zero-order valence-electron chi connectivity index (χ0n) is 33.4. The Morgan fingerprint density at radius 3 is 2.04 bits per heavy atom. The molecule has 0 bridgehead atoms. The van der Waals surface area contributed by atoms with Crippen LogP contribution in [0.15, 0.2) is 6.07 Å². The topological polar surface area (TPSA) is 184 Å². The average molecular weight is 722 g/mol. The molecule has 0 aliphatic rings. The lowest BCUT2D eigenvalue weighted by Crippen LogP contribution is -2.53. The van der Waals surface area contributed by atoms with Crippen molar-refractivity contribution in [3.05, 3.63) is 17.5 Å². The van der Waals surface area contributed by atoms with Crippen LogP contribution in [0.4, 0.5) is 4.79 Å². The van der Waals surface area contributed by atoms with Crippen molar-refractivity contribution in [3.8, 4) is 0 Å². The molecule has 0 saturated heterocycles. The van der Waals surface area contributed by atoms with Gasteiger partial charge in [0, 0.05) is 24.6 Å². The summed E-state index contributed by atoms with van der Waals surface area (Å²) in [6.45, 7) is 24.7. The minimum atomic E-state index is -1.06. The van der Waals surface area contributed by atoms with Gasteiger partial charge in [-0.1, -0.05) is 55.4 Å². The zero-order valence-corrected chi connectivity index (χ0v) is 33.4. The molecule has 51 heavy (non-hydrogen) atoms. The molecule has 5 atom stereocenters. The first-order valence-corrected chi connectivity index (χ1v) is 18.4. The molecule has 0 aromatic carbocycles. The number of carbonyl (C=O) groups excluding carboxylic acids is 5. The number of hydrazine groups is 1. The number of carbonyl (C=O) groups is 5. The monoisotopic (exact) mass is 722 g/mol. The van der Waals surface area contributed by atoms with E-state index in [2.05, 4.69) is 26.5 Å². The number of nitrogens with one attached hydrogen (secondary N) is 4. The standard InChI is InChI=1S/C37H67N7O7/c1-14-28(21-44-27(10)19-26(9)41-44)34(48)42-43(36(50)51-37(11,12)13)16-15-31(46)39-29(17-22(2)3)30(45)18-25(8)33(47)40-32(24(6)7)35(49)38-20-23(4)5/h19,22-25,28-30,32,45H,14-18,20-21H2,1-13H3,(H,38,49)(H,39,46)(H,40,47)(H,42,48). The van der Waals surface area contributed by atoms with Crippen molar-refractivity contribution in [1.29, 1.82) is 0 Å². The minimum absolute atomic E-state index is 0.0513. The van der Waals surface area contributed by atoms with Crippen LogP contribution in [0.3, 0.4) is 0 Å². The summed E-state index contributed by atoms with van der Waals surface area (Å²) in [4.78, 5) is 65.7. The van der Waals surface area contributed by atoms with Crippen LogP contribution in [0.25, 0.3) is 0 Å². The second-order valence-electron chi connectivity index (χ2n) is 15.9. The maximum atomic E-state index is 13.4. The van der Waals surface area contributed by atoms with Crippen LogP contribution in [-0.4, -0.2) is 86.5 Å². The molecular weight excluding hydrogens is 654 g/mol. The second kappa shape index (κ2) is 21.0. The van der Waals surface area contributed by atoms with E-state index in [0.29, 0.717) is 25.9 Å². The van der Waals surface area contributed by atoms with Crippen LogP contribution in [0, 0.1) is 43.4 Å². The fourth-order valence-corrected chi connectivity index (χ4v) is 5.39. The van der Waals surface area contributed by atoms with Crippen molar-refractivity contribution in [1.82, 2.24) is 36.2 Å². The van der Waals surface area contributed by atoms with Crippen LogP contribution in [-0.2, 0) is 30.5 Å². The van der Waals surface area contributed by atoms with Gasteiger partial charge in [-0.25, -0.2) is 9.80 Å². The van der Waals surface area contributed by atoms with Gasteiger partial charge in [0.2, 0.25) is 23.6 Å². The Balaban J connectivity index is 3.00. The van der Waals surface area contributed by atoms with Gasteiger partial charge in [0.1, 0.15) is 11.6 Å². The van der Waals surface area contributed by atoms with Crippen LogP contribution in [0.1, 0.15) is 113 Å². The van der Waals surface area contributed by atoms with Gasteiger partial charge in [0.05, 0.1) is 36.8 Å². The van der Waals surface area contributed by atoms with E-state index in [4.69, 9.17) is 4.74 Å². The number of nitrogens with zero attached hydrogens (tertiary/aromatic N) is 3. The fourth-order valence-electron chi connectivity index (χ4n) is 5.39. The maximum Gasteiger partial charge on any atom is 0.429 e. The molecule has 5 N–H and O–H groups in total. The summed E-state index contributed by atoms with van der Waals surface area (Å²) >= 11 is 0. The molecule has 5 amide bonds. The van der Waals surface area contributed by atoms with E-state index in [9.17, 15) is 29.1 Å². The average Bonchev–Trinajstić information content (AvgIpc) is 3.32. The van der Waals surface area contributed by atoms with Crippen molar-refractivity contribution in [3.63, 3.8) is 0 Å². The molecule has 0 aliphatic heterocycles. The molecule has 1 aromatic rings. The Morgan fingerprint density at radius 2 is 1.55 bits per heavy atom. The molecule has 1 rings (SSSR count). The Hall–Kier alpha value is -3.68. The number of aliphatic hydroxyl groups excluding tert-OH is 1. The molecular formula is C37H67N7O7. The molecule has 1 aromatic heterocycles. The molecule has 0 aliphatic carbocycles. The highest BCUT2D eigenvalue weighted by Crippen LogP contribution is 2.18. The number of amides is 5. The lowest BCUT2D eigenvalue weighted by atomic mass is 9.92. The molecule has 5 unspecified atom stereocenters. The SMILES string of the molecule is CCC(Cn1nc(C)cc1C)C(=O)NN(CCC(=O)NC(CC(C)C)C(O)CC(C)C(=O)NC(C(=O)NCC(C)C)C(C)C)C(=O)OC(C)(C)C. The highest BCUT2D eigenvalue weighted by atomic mass is 16.6. The maximum absolute atomic E-state index is 13.4. The molecule has 292 valence electrons. The second-order valence-corrected chi connectivity index (χ2v) is 15.9.